The minimum absolute atomic E-state index is 0.0448. The molecule has 0 spiro atoms. The first-order valence-corrected chi connectivity index (χ1v) is 7.97. The van der Waals surface area contributed by atoms with Crippen LogP contribution in [0.2, 0.25) is 0 Å². The monoisotopic (exact) mass is 319 g/mol. The molecule has 0 aliphatic carbocycles. The van der Waals surface area contributed by atoms with Gasteiger partial charge in [0, 0.05) is 11.9 Å². The first-order valence-electron chi connectivity index (χ1n) is 7.53. The van der Waals surface area contributed by atoms with Crippen molar-refractivity contribution in [3.8, 4) is 0 Å². The van der Waals surface area contributed by atoms with E-state index in [1.54, 1.807) is 19.1 Å². The third kappa shape index (κ3) is 2.86. The van der Waals surface area contributed by atoms with Crippen LogP contribution in [0.15, 0.2) is 24.5 Å². The van der Waals surface area contributed by atoms with E-state index in [1.807, 2.05) is 6.07 Å². The summed E-state index contributed by atoms with van der Waals surface area (Å²) in [6.45, 7) is 3.03. The number of halogens is 1. The van der Waals surface area contributed by atoms with E-state index < -0.39 is 0 Å². The molecule has 0 amide bonds. The topological polar surface area (TPSA) is 55.3 Å². The molecule has 116 valence electrons. The van der Waals surface area contributed by atoms with Crippen LogP contribution in [0.5, 0.6) is 0 Å². The molecule has 1 aromatic carbocycles. The maximum Gasteiger partial charge on any atom is 0.338 e. The average Bonchev–Trinajstić information content (AvgIpc) is 2.54. The van der Waals surface area contributed by atoms with Crippen LogP contribution < -0.4 is 4.90 Å². The smallest absolute Gasteiger partial charge is 0.338 e. The van der Waals surface area contributed by atoms with Gasteiger partial charge in [0.25, 0.3) is 0 Å². The van der Waals surface area contributed by atoms with Gasteiger partial charge in [-0.15, -0.1) is 0 Å². The molecular formula is C16H18ClN3O2. The van der Waals surface area contributed by atoms with Gasteiger partial charge in [0.15, 0.2) is 0 Å². The highest BCUT2D eigenvalue weighted by atomic mass is 35.5. The summed E-state index contributed by atoms with van der Waals surface area (Å²) in [6, 6.07) is 5.36. The van der Waals surface area contributed by atoms with E-state index in [9.17, 15) is 4.79 Å². The van der Waals surface area contributed by atoms with E-state index in [0.29, 0.717) is 12.2 Å². The Bertz CT molecular complexity index is 692. The summed E-state index contributed by atoms with van der Waals surface area (Å²) in [5, 5.41) is 0.906. The molecular weight excluding hydrogens is 302 g/mol. The molecule has 6 heteroatoms. The Morgan fingerprint density at radius 3 is 3.05 bits per heavy atom. The fraction of sp³-hybridized carbons (Fsp3) is 0.438. The number of benzene rings is 1. The Kier molecular flexibility index (Phi) is 4.43. The van der Waals surface area contributed by atoms with E-state index in [-0.39, 0.29) is 11.5 Å². The highest BCUT2D eigenvalue weighted by Gasteiger charge is 2.23. The van der Waals surface area contributed by atoms with E-state index in [2.05, 4.69) is 14.9 Å². The number of esters is 1. The third-order valence-corrected chi connectivity index (χ3v) is 4.28. The molecule has 1 fully saturated rings. The van der Waals surface area contributed by atoms with Crippen LogP contribution in [-0.4, -0.2) is 34.6 Å². The summed E-state index contributed by atoms with van der Waals surface area (Å²) in [5.41, 5.74) is 1.18. The number of anilines is 1. The Hall–Kier alpha value is -1.88. The third-order valence-electron chi connectivity index (χ3n) is 3.83. The number of hydrogen-bond acceptors (Lipinski definition) is 5. The number of ether oxygens (including phenoxy) is 1. The summed E-state index contributed by atoms with van der Waals surface area (Å²) in [4.78, 5) is 22.6. The van der Waals surface area contributed by atoms with Crippen molar-refractivity contribution >= 4 is 34.3 Å². The normalized spacial score (nSPS) is 18.5. The lowest BCUT2D eigenvalue weighted by Gasteiger charge is -2.33. The number of piperidine rings is 1. The highest BCUT2D eigenvalue weighted by Crippen LogP contribution is 2.30. The Balaban J connectivity index is 2.00. The number of rotatable bonds is 3. The van der Waals surface area contributed by atoms with Gasteiger partial charge in [-0.2, -0.15) is 0 Å². The summed E-state index contributed by atoms with van der Waals surface area (Å²) < 4.78 is 5.03. The second-order valence-electron chi connectivity index (χ2n) is 5.27. The fourth-order valence-corrected chi connectivity index (χ4v) is 3.09. The zero-order valence-electron chi connectivity index (χ0n) is 12.5. The zero-order chi connectivity index (χ0) is 15.5. The van der Waals surface area contributed by atoms with Crippen molar-refractivity contribution in [1.82, 2.24) is 9.97 Å². The minimum Gasteiger partial charge on any atom is -0.462 e. The van der Waals surface area contributed by atoms with Crippen molar-refractivity contribution in [2.75, 3.05) is 18.1 Å². The highest BCUT2D eigenvalue weighted by molar-refractivity contribution is 6.22. The lowest BCUT2D eigenvalue weighted by atomic mass is 10.1. The second kappa shape index (κ2) is 6.48. The van der Waals surface area contributed by atoms with Gasteiger partial charge in [-0.25, -0.2) is 14.8 Å². The second-order valence-corrected chi connectivity index (χ2v) is 5.78. The fourth-order valence-electron chi connectivity index (χ4n) is 2.74. The number of alkyl halides is 1. The zero-order valence-corrected chi connectivity index (χ0v) is 13.2. The van der Waals surface area contributed by atoms with Crippen molar-refractivity contribution in [1.29, 1.82) is 0 Å². The van der Waals surface area contributed by atoms with Crippen LogP contribution in [0.3, 0.4) is 0 Å². The van der Waals surface area contributed by atoms with Crippen LogP contribution in [0.4, 0.5) is 5.82 Å². The number of carbonyl (C=O) groups excluding carboxylic acids is 1. The van der Waals surface area contributed by atoms with Crippen LogP contribution in [-0.2, 0) is 4.74 Å². The summed E-state index contributed by atoms with van der Waals surface area (Å²) >= 11 is 6.43. The number of carbonyl (C=O) groups is 1. The van der Waals surface area contributed by atoms with Gasteiger partial charge in [-0.1, -0.05) is 11.6 Å². The molecule has 2 aromatic rings. The molecule has 1 aliphatic rings. The largest absolute Gasteiger partial charge is 0.462 e. The lowest BCUT2D eigenvalue weighted by Crippen LogP contribution is -2.36. The maximum atomic E-state index is 11.8. The van der Waals surface area contributed by atoms with Crippen LogP contribution in [0.1, 0.15) is 36.5 Å². The maximum absolute atomic E-state index is 11.8. The quantitative estimate of drug-likeness (QED) is 0.493. The molecule has 1 unspecified atom stereocenters. The standard InChI is InChI=1S/C16H18ClN3O2/c1-2-22-16(21)11-6-7-12-13(9-11)18-10-19-15(12)20-8-4-3-5-14(20)17/h6-7,9-10,14H,2-5,8H2,1H3. The van der Waals surface area contributed by atoms with Gasteiger partial charge in [0.05, 0.1) is 17.7 Å². The van der Waals surface area contributed by atoms with Gasteiger partial charge in [0.1, 0.15) is 17.6 Å². The van der Waals surface area contributed by atoms with E-state index in [0.717, 1.165) is 42.5 Å². The van der Waals surface area contributed by atoms with Gasteiger partial charge >= 0.3 is 5.97 Å². The van der Waals surface area contributed by atoms with Gasteiger partial charge < -0.3 is 9.64 Å². The Morgan fingerprint density at radius 1 is 1.41 bits per heavy atom. The first kappa shape index (κ1) is 15.0. The molecule has 2 heterocycles. The minimum atomic E-state index is -0.335. The van der Waals surface area contributed by atoms with E-state index in [1.165, 1.54) is 6.33 Å². The molecule has 0 N–H and O–H groups in total. The molecule has 0 radical (unpaired) electrons. The van der Waals surface area contributed by atoms with Gasteiger partial charge in [0.2, 0.25) is 0 Å². The summed E-state index contributed by atoms with van der Waals surface area (Å²) in [6.07, 6.45) is 4.72. The predicted octanol–water partition coefficient (Wildman–Crippen LogP) is 3.36. The van der Waals surface area contributed by atoms with E-state index >= 15 is 0 Å². The average molecular weight is 320 g/mol. The Labute approximate surface area is 134 Å². The molecule has 1 atom stereocenters. The van der Waals surface area contributed by atoms with Crippen molar-refractivity contribution in [3.63, 3.8) is 0 Å². The number of nitrogens with zero attached hydrogens (tertiary/aromatic N) is 3. The molecule has 22 heavy (non-hydrogen) atoms. The molecule has 1 saturated heterocycles. The molecule has 0 saturated carbocycles. The molecule has 5 nitrogen and oxygen atoms in total. The van der Waals surface area contributed by atoms with E-state index in [4.69, 9.17) is 16.3 Å². The number of fused-ring (bicyclic) bond motifs is 1. The number of aromatic nitrogens is 2. The summed E-state index contributed by atoms with van der Waals surface area (Å²) in [7, 11) is 0. The van der Waals surface area contributed by atoms with Crippen LogP contribution >= 0.6 is 11.6 Å². The molecule has 0 bridgehead atoms. The Morgan fingerprint density at radius 2 is 2.27 bits per heavy atom. The molecule has 1 aliphatic heterocycles. The van der Waals surface area contributed by atoms with Crippen LogP contribution in [0.25, 0.3) is 10.9 Å². The van der Waals surface area contributed by atoms with Crippen molar-refractivity contribution in [2.24, 2.45) is 0 Å². The van der Waals surface area contributed by atoms with Gasteiger partial charge in [-0.3, -0.25) is 0 Å². The molecule has 3 rings (SSSR count). The molecule has 1 aromatic heterocycles. The van der Waals surface area contributed by atoms with Crippen molar-refractivity contribution in [3.05, 3.63) is 30.1 Å². The summed E-state index contributed by atoms with van der Waals surface area (Å²) in [5.74, 6) is 0.498. The first-order chi connectivity index (χ1) is 10.7. The number of hydrogen-bond donors (Lipinski definition) is 0. The predicted molar refractivity (Wildman–Crippen MR) is 86.3 cm³/mol. The van der Waals surface area contributed by atoms with Crippen molar-refractivity contribution in [2.45, 2.75) is 31.7 Å². The van der Waals surface area contributed by atoms with Crippen molar-refractivity contribution < 1.29 is 9.53 Å². The van der Waals surface area contributed by atoms with Crippen LogP contribution in [0, 0.1) is 0 Å². The van der Waals surface area contributed by atoms with Gasteiger partial charge in [-0.05, 0) is 44.4 Å². The SMILES string of the molecule is CCOC(=O)c1ccc2c(N3CCCCC3Cl)ncnc2c1. The lowest BCUT2D eigenvalue weighted by molar-refractivity contribution is 0.0526.